The maximum absolute atomic E-state index is 11.8. The third-order valence-electron chi connectivity index (χ3n) is 2.40. The van der Waals surface area contributed by atoms with Gasteiger partial charge < -0.3 is 5.32 Å². The minimum absolute atomic E-state index is 0.0569. The predicted octanol–water partition coefficient (Wildman–Crippen LogP) is 1.40. The summed E-state index contributed by atoms with van der Waals surface area (Å²) in [5, 5.41) is 15.7. The molecule has 0 spiro atoms. The second kappa shape index (κ2) is 3.22. The van der Waals surface area contributed by atoms with Gasteiger partial charge in [0.1, 0.15) is 10.7 Å². The largest absolute Gasteiger partial charge is 0.366 e. The van der Waals surface area contributed by atoms with Gasteiger partial charge in [0.15, 0.2) is 6.29 Å². The van der Waals surface area contributed by atoms with E-state index in [1.54, 1.807) is 27.7 Å². The van der Waals surface area contributed by atoms with Crippen LogP contribution in [0, 0.1) is 0 Å². The molecular weight excluding hydrogens is 204 g/mol. The SMILES string of the molecule is CC1(C)N/C(=C(/Cl)C=O)C(C)(C)N1[O]. The van der Waals surface area contributed by atoms with E-state index in [1.807, 2.05) is 0 Å². The molecule has 0 bridgehead atoms. The monoisotopic (exact) mass is 217 g/mol. The number of allylic oxidation sites excluding steroid dienone is 1. The van der Waals surface area contributed by atoms with Crippen molar-refractivity contribution in [3.05, 3.63) is 10.7 Å². The first-order chi connectivity index (χ1) is 6.23. The van der Waals surface area contributed by atoms with E-state index in [9.17, 15) is 10.0 Å². The van der Waals surface area contributed by atoms with Gasteiger partial charge in [-0.1, -0.05) is 11.6 Å². The number of hydroxylamine groups is 2. The summed E-state index contributed by atoms with van der Waals surface area (Å²) in [6, 6.07) is 0. The highest BCUT2D eigenvalue weighted by Crippen LogP contribution is 2.37. The molecule has 1 radical (unpaired) electrons. The number of hydrogen-bond donors (Lipinski definition) is 1. The zero-order valence-electron chi connectivity index (χ0n) is 8.72. The molecule has 0 aromatic heterocycles. The van der Waals surface area contributed by atoms with Gasteiger partial charge in [-0.15, -0.1) is 10.3 Å². The molecule has 1 heterocycles. The normalized spacial score (nSPS) is 28.4. The van der Waals surface area contributed by atoms with Crippen LogP contribution in [-0.2, 0) is 10.0 Å². The number of aldehydes is 1. The fourth-order valence-corrected chi connectivity index (χ4v) is 2.00. The molecule has 14 heavy (non-hydrogen) atoms. The smallest absolute Gasteiger partial charge is 0.163 e. The third-order valence-corrected chi connectivity index (χ3v) is 2.68. The summed E-state index contributed by atoms with van der Waals surface area (Å²) in [7, 11) is 0. The number of carbonyl (C=O) groups is 1. The molecule has 4 nitrogen and oxygen atoms in total. The van der Waals surface area contributed by atoms with Gasteiger partial charge in [-0.25, -0.2) is 0 Å². The lowest BCUT2D eigenvalue weighted by atomic mass is 10.0. The van der Waals surface area contributed by atoms with Gasteiger partial charge >= 0.3 is 0 Å². The Balaban J connectivity index is 3.22. The Labute approximate surface area is 88.5 Å². The first kappa shape index (κ1) is 11.5. The van der Waals surface area contributed by atoms with Gasteiger partial charge in [0.2, 0.25) is 0 Å². The molecular formula is C9H14ClN2O2. The van der Waals surface area contributed by atoms with Gasteiger partial charge in [0, 0.05) is 0 Å². The van der Waals surface area contributed by atoms with Gasteiger partial charge in [0.25, 0.3) is 0 Å². The van der Waals surface area contributed by atoms with Gasteiger partial charge in [-0.05, 0) is 27.7 Å². The summed E-state index contributed by atoms with van der Waals surface area (Å²) >= 11 is 5.73. The first-order valence-corrected chi connectivity index (χ1v) is 4.72. The van der Waals surface area contributed by atoms with Crippen molar-refractivity contribution in [2.24, 2.45) is 0 Å². The van der Waals surface area contributed by atoms with Crippen LogP contribution in [0.5, 0.6) is 0 Å². The summed E-state index contributed by atoms with van der Waals surface area (Å²) in [5.41, 5.74) is -1.04. The van der Waals surface area contributed by atoms with Crippen LogP contribution in [0.2, 0.25) is 0 Å². The van der Waals surface area contributed by atoms with Crippen molar-refractivity contribution < 1.29 is 10.0 Å². The molecule has 1 aliphatic rings. The Morgan fingerprint density at radius 1 is 1.43 bits per heavy atom. The molecule has 79 valence electrons. The lowest BCUT2D eigenvalue weighted by Gasteiger charge is -2.29. The van der Waals surface area contributed by atoms with Crippen LogP contribution in [0.15, 0.2) is 10.7 Å². The summed E-state index contributed by atoms with van der Waals surface area (Å²) in [6.07, 6.45) is 0.543. The fraction of sp³-hybridized carbons (Fsp3) is 0.667. The van der Waals surface area contributed by atoms with Crippen LogP contribution >= 0.6 is 11.6 Å². The van der Waals surface area contributed by atoms with E-state index in [-0.39, 0.29) is 5.03 Å². The zero-order chi connectivity index (χ0) is 11.1. The fourth-order valence-electron chi connectivity index (χ4n) is 1.72. The standard InChI is InChI=1S/C9H14ClN2O2/c1-8(2)7(6(10)5-13)11-9(3,4)12(8)14/h5,11H,1-4H3/b7-6+. The van der Waals surface area contributed by atoms with Crippen molar-refractivity contribution >= 4 is 17.9 Å². The number of hydrogen-bond acceptors (Lipinski definition) is 3. The number of rotatable bonds is 1. The predicted molar refractivity (Wildman–Crippen MR) is 52.8 cm³/mol. The van der Waals surface area contributed by atoms with Crippen LogP contribution in [0.25, 0.3) is 0 Å². The molecule has 0 aromatic carbocycles. The maximum atomic E-state index is 11.8. The second-order valence-electron chi connectivity index (χ2n) is 4.38. The Morgan fingerprint density at radius 3 is 2.21 bits per heavy atom. The van der Waals surface area contributed by atoms with E-state index < -0.39 is 11.2 Å². The van der Waals surface area contributed by atoms with Gasteiger partial charge in [-0.3, -0.25) is 4.79 Å². The van der Waals surface area contributed by atoms with Crippen LogP contribution in [0.1, 0.15) is 27.7 Å². The van der Waals surface area contributed by atoms with E-state index in [2.05, 4.69) is 5.32 Å². The second-order valence-corrected chi connectivity index (χ2v) is 4.79. The number of nitrogens with zero attached hydrogens (tertiary/aromatic N) is 1. The van der Waals surface area contributed by atoms with E-state index in [1.165, 1.54) is 0 Å². The molecule has 0 amide bonds. The lowest BCUT2D eigenvalue weighted by Crippen LogP contribution is -2.47. The molecule has 1 aliphatic heterocycles. The van der Waals surface area contributed by atoms with Crippen molar-refractivity contribution in [3.63, 3.8) is 0 Å². The summed E-state index contributed by atoms with van der Waals surface area (Å²) in [6.45, 7) is 6.93. The Hall–Kier alpha value is -0.580. The van der Waals surface area contributed by atoms with E-state index in [0.717, 1.165) is 5.06 Å². The first-order valence-electron chi connectivity index (χ1n) is 4.34. The number of nitrogens with one attached hydrogen (secondary N) is 1. The van der Waals surface area contributed by atoms with Crippen molar-refractivity contribution in [1.29, 1.82) is 0 Å². The highest BCUT2D eigenvalue weighted by Gasteiger charge is 2.50. The summed E-state index contributed by atoms with van der Waals surface area (Å²) in [5.74, 6) is 0. The molecule has 0 aromatic rings. The van der Waals surface area contributed by atoms with Crippen LogP contribution in [0.3, 0.4) is 0 Å². The third kappa shape index (κ3) is 1.54. The van der Waals surface area contributed by atoms with Crippen LogP contribution in [0.4, 0.5) is 0 Å². The van der Waals surface area contributed by atoms with Crippen molar-refractivity contribution in [2.45, 2.75) is 38.9 Å². The highest BCUT2D eigenvalue weighted by molar-refractivity contribution is 6.39. The maximum Gasteiger partial charge on any atom is 0.163 e. The molecule has 1 saturated heterocycles. The number of carbonyl (C=O) groups excluding carboxylic acids is 1. The Morgan fingerprint density at radius 2 is 1.93 bits per heavy atom. The van der Waals surface area contributed by atoms with Crippen molar-refractivity contribution in [1.82, 2.24) is 10.4 Å². The minimum Gasteiger partial charge on any atom is -0.366 e. The zero-order valence-corrected chi connectivity index (χ0v) is 9.47. The lowest BCUT2D eigenvalue weighted by molar-refractivity contribution is -0.243. The molecule has 0 unspecified atom stereocenters. The highest BCUT2D eigenvalue weighted by atomic mass is 35.5. The molecule has 0 saturated carbocycles. The molecule has 0 aliphatic carbocycles. The Kier molecular flexibility index (Phi) is 2.65. The minimum atomic E-state index is -0.790. The van der Waals surface area contributed by atoms with E-state index in [0.29, 0.717) is 12.0 Å². The van der Waals surface area contributed by atoms with Gasteiger partial charge in [-0.2, -0.15) is 0 Å². The van der Waals surface area contributed by atoms with Gasteiger partial charge in [0.05, 0.1) is 11.2 Å². The molecule has 1 fully saturated rings. The van der Waals surface area contributed by atoms with Crippen LogP contribution in [-0.4, -0.2) is 22.6 Å². The average Bonchev–Trinajstić information content (AvgIpc) is 2.25. The molecule has 5 heteroatoms. The summed E-state index contributed by atoms with van der Waals surface area (Å²) in [4.78, 5) is 10.5. The molecule has 1 rings (SSSR count). The molecule has 1 N–H and O–H groups in total. The number of halogens is 1. The van der Waals surface area contributed by atoms with E-state index in [4.69, 9.17) is 11.6 Å². The average molecular weight is 218 g/mol. The van der Waals surface area contributed by atoms with Crippen LogP contribution < -0.4 is 5.32 Å². The van der Waals surface area contributed by atoms with Crippen molar-refractivity contribution in [2.75, 3.05) is 0 Å². The quantitative estimate of drug-likeness (QED) is 0.534. The summed E-state index contributed by atoms with van der Waals surface area (Å²) < 4.78 is 0. The van der Waals surface area contributed by atoms with Crippen molar-refractivity contribution in [3.8, 4) is 0 Å². The molecule has 0 atom stereocenters. The van der Waals surface area contributed by atoms with E-state index >= 15 is 0 Å². The topological polar surface area (TPSA) is 52.2 Å². The Bertz CT molecular complexity index is 297.